The third kappa shape index (κ3) is 2.44. The summed E-state index contributed by atoms with van der Waals surface area (Å²) in [5.41, 5.74) is 2.80. The van der Waals surface area contributed by atoms with Crippen LogP contribution in [0.25, 0.3) is 0 Å². The van der Waals surface area contributed by atoms with Crippen LogP contribution in [0, 0.1) is 12.3 Å². The molecule has 1 aliphatic rings. The Hall–Kier alpha value is -1.20. The van der Waals surface area contributed by atoms with Crippen LogP contribution in [-0.4, -0.2) is 5.55 Å². The third-order valence-corrected chi connectivity index (χ3v) is 2.11. The lowest BCUT2D eigenvalue weighted by Crippen LogP contribution is -1.89. The minimum atomic E-state index is 0.817. The molecular formula is C10H9NS. The molecule has 2 heteroatoms. The summed E-state index contributed by atoms with van der Waals surface area (Å²) in [4.78, 5) is 5.32. The molecule has 1 aliphatic heterocycles. The van der Waals surface area contributed by atoms with E-state index in [9.17, 15) is 0 Å². The Bertz CT molecular complexity index is 302. The Labute approximate surface area is 77.0 Å². The molecule has 0 amide bonds. The van der Waals surface area contributed by atoms with E-state index in [1.165, 1.54) is 0 Å². The first-order valence-electron chi connectivity index (χ1n) is 3.53. The topological polar surface area (TPSA) is 12.4 Å². The number of nitrogens with zero attached hydrogens (tertiary/aromatic N) is 1. The Kier molecular flexibility index (Phi) is 3.43. The van der Waals surface area contributed by atoms with Gasteiger partial charge in [0, 0.05) is 17.0 Å². The van der Waals surface area contributed by atoms with Gasteiger partial charge in [-0.3, -0.25) is 4.99 Å². The van der Waals surface area contributed by atoms with Crippen molar-refractivity contribution in [2.45, 2.75) is 6.42 Å². The van der Waals surface area contributed by atoms with Crippen molar-refractivity contribution in [3.63, 3.8) is 0 Å². The van der Waals surface area contributed by atoms with Crippen LogP contribution in [0.3, 0.4) is 0 Å². The van der Waals surface area contributed by atoms with Gasteiger partial charge in [-0.15, -0.1) is 6.42 Å². The van der Waals surface area contributed by atoms with Gasteiger partial charge < -0.3 is 0 Å². The van der Waals surface area contributed by atoms with Gasteiger partial charge in [-0.25, -0.2) is 0 Å². The van der Waals surface area contributed by atoms with Crippen LogP contribution >= 0.6 is 11.8 Å². The molecule has 0 radical (unpaired) electrons. The Balaban J connectivity index is 2.77. The molecular weight excluding hydrogens is 166 g/mol. The van der Waals surface area contributed by atoms with E-state index >= 15 is 0 Å². The highest BCUT2D eigenvalue weighted by Crippen LogP contribution is 2.26. The molecule has 0 aromatic carbocycles. The molecule has 0 aromatic rings. The van der Waals surface area contributed by atoms with E-state index in [-0.39, 0.29) is 0 Å². The van der Waals surface area contributed by atoms with Crippen molar-refractivity contribution in [2.24, 2.45) is 4.99 Å². The molecule has 0 atom stereocenters. The summed E-state index contributed by atoms with van der Waals surface area (Å²) in [6.07, 6.45) is 11.4. The van der Waals surface area contributed by atoms with Crippen LogP contribution in [0.1, 0.15) is 6.42 Å². The van der Waals surface area contributed by atoms with E-state index in [1.54, 1.807) is 29.5 Å². The second-order valence-corrected chi connectivity index (χ2v) is 3.17. The summed E-state index contributed by atoms with van der Waals surface area (Å²) >= 11 is 1.57. The van der Waals surface area contributed by atoms with Crippen molar-refractivity contribution in [3.8, 4) is 12.3 Å². The smallest absolute Gasteiger partial charge is 0.0645 e. The van der Waals surface area contributed by atoms with Gasteiger partial charge in [-0.1, -0.05) is 30.3 Å². The highest BCUT2D eigenvalue weighted by atomic mass is 32.2. The number of rotatable bonds is 1. The number of aliphatic imine (C=N–C) groups is 1. The zero-order valence-electron chi connectivity index (χ0n) is 6.66. The summed E-state index contributed by atoms with van der Waals surface area (Å²) < 4.78 is 0. The van der Waals surface area contributed by atoms with Crippen molar-refractivity contribution in [1.82, 2.24) is 0 Å². The van der Waals surface area contributed by atoms with Gasteiger partial charge >= 0.3 is 0 Å². The zero-order chi connectivity index (χ0) is 8.81. The van der Waals surface area contributed by atoms with Gasteiger partial charge in [0.05, 0.1) is 5.55 Å². The van der Waals surface area contributed by atoms with Crippen LogP contribution in [0.4, 0.5) is 0 Å². The Morgan fingerprint density at radius 2 is 2.58 bits per heavy atom. The maximum Gasteiger partial charge on any atom is 0.0645 e. The summed E-state index contributed by atoms with van der Waals surface area (Å²) in [6.45, 7) is 3.61. The average Bonchev–Trinajstić information content (AvgIpc) is 2.06. The van der Waals surface area contributed by atoms with E-state index in [1.807, 2.05) is 6.08 Å². The first-order chi connectivity index (χ1) is 5.86. The molecule has 1 rings (SSSR count). The number of allylic oxidation sites excluding steroid dienone is 4. The highest BCUT2D eigenvalue weighted by molar-refractivity contribution is 8.15. The van der Waals surface area contributed by atoms with E-state index in [0.717, 1.165) is 17.0 Å². The first-order valence-corrected chi connectivity index (χ1v) is 4.40. The van der Waals surface area contributed by atoms with E-state index in [4.69, 9.17) is 6.42 Å². The fraction of sp³-hybridized carbons (Fsp3) is 0.100. The predicted octanol–water partition coefficient (Wildman–Crippen LogP) is 2.74. The molecule has 0 N–H and O–H groups in total. The van der Waals surface area contributed by atoms with Gasteiger partial charge in [0.25, 0.3) is 0 Å². The number of thioether (sulfide) groups is 1. The molecule has 0 saturated heterocycles. The molecule has 0 unspecified atom stereocenters. The van der Waals surface area contributed by atoms with Gasteiger partial charge in [0.1, 0.15) is 0 Å². The third-order valence-electron chi connectivity index (χ3n) is 1.33. The minimum absolute atomic E-state index is 0.817. The van der Waals surface area contributed by atoms with Crippen molar-refractivity contribution in [2.75, 3.05) is 0 Å². The van der Waals surface area contributed by atoms with E-state index in [0.29, 0.717) is 0 Å². The molecule has 0 fully saturated rings. The normalized spacial score (nSPS) is 22.6. The Morgan fingerprint density at radius 3 is 3.25 bits per heavy atom. The second kappa shape index (κ2) is 4.63. The number of hydrogen-bond acceptors (Lipinski definition) is 2. The van der Waals surface area contributed by atoms with E-state index in [2.05, 4.69) is 17.5 Å². The molecule has 0 aromatic heterocycles. The van der Waals surface area contributed by atoms with Gasteiger partial charge in [0.15, 0.2) is 0 Å². The molecule has 60 valence electrons. The number of hydrogen-bond donors (Lipinski definition) is 0. The molecule has 0 bridgehead atoms. The zero-order valence-corrected chi connectivity index (χ0v) is 7.47. The summed E-state index contributed by atoms with van der Waals surface area (Å²) in [7, 11) is 0. The van der Waals surface area contributed by atoms with Crippen LogP contribution in [-0.2, 0) is 0 Å². The van der Waals surface area contributed by atoms with Crippen molar-refractivity contribution >= 4 is 17.3 Å². The Morgan fingerprint density at radius 1 is 1.75 bits per heavy atom. The minimum Gasteiger partial charge on any atom is -0.254 e. The predicted molar refractivity (Wildman–Crippen MR) is 55.9 cm³/mol. The maximum atomic E-state index is 5.15. The second-order valence-electron chi connectivity index (χ2n) is 2.20. The fourth-order valence-electron chi connectivity index (χ4n) is 0.844. The van der Waals surface area contributed by atoms with Gasteiger partial charge in [-0.05, 0) is 12.2 Å². The van der Waals surface area contributed by atoms with Crippen molar-refractivity contribution < 1.29 is 0 Å². The van der Waals surface area contributed by atoms with Crippen LogP contribution in [0.5, 0.6) is 0 Å². The van der Waals surface area contributed by atoms with Crippen molar-refractivity contribution in [3.05, 3.63) is 35.4 Å². The molecule has 1 heterocycles. The van der Waals surface area contributed by atoms with Gasteiger partial charge in [-0.2, -0.15) is 0 Å². The maximum absolute atomic E-state index is 5.15. The summed E-state index contributed by atoms with van der Waals surface area (Å²) in [5, 5.41) is 0. The molecule has 12 heavy (non-hydrogen) atoms. The van der Waals surface area contributed by atoms with Crippen LogP contribution < -0.4 is 0 Å². The average molecular weight is 175 g/mol. The first kappa shape index (κ1) is 8.89. The molecule has 0 spiro atoms. The SMILES string of the molecule is C#C/C=C1\C/C(=C\C=C)N=CS1. The van der Waals surface area contributed by atoms with E-state index < -0.39 is 0 Å². The standard InChI is InChI=1S/C10H9NS/c1-3-5-9-7-10(6-4-2)12-8-11-9/h2-3,5-6,8H,1,7H2/b9-5+,10-6+. The van der Waals surface area contributed by atoms with Crippen LogP contribution in [0.15, 0.2) is 40.4 Å². The highest BCUT2D eigenvalue weighted by Gasteiger charge is 2.04. The van der Waals surface area contributed by atoms with Crippen LogP contribution in [0.2, 0.25) is 0 Å². The number of terminal acetylenes is 1. The summed E-state index contributed by atoms with van der Waals surface area (Å²) in [5.74, 6) is 2.50. The van der Waals surface area contributed by atoms with Crippen molar-refractivity contribution in [1.29, 1.82) is 0 Å². The largest absolute Gasteiger partial charge is 0.254 e. The fourth-order valence-corrected chi connectivity index (χ4v) is 1.53. The van der Waals surface area contributed by atoms with Gasteiger partial charge in [0.2, 0.25) is 0 Å². The quantitative estimate of drug-likeness (QED) is 0.558. The monoisotopic (exact) mass is 175 g/mol. The lowest BCUT2D eigenvalue weighted by Gasteiger charge is -2.08. The molecule has 0 aliphatic carbocycles. The molecule has 0 saturated carbocycles. The lowest BCUT2D eigenvalue weighted by atomic mass is 10.2. The molecule has 1 nitrogen and oxygen atoms in total. The summed E-state index contributed by atoms with van der Waals surface area (Å²) in [6, 6.07) is 0. The lowest BCUT2D eigenvalue weighted by molar-refractivity contribution is 1.15.